The molecule has 0 amide bonds. The zero-order valence-electron chi connectivity index (χ0n) is 12.9. The summed E-state index contributed by atoms with van der Waals surface area (Å²) in [5.74, 6) is 0. The van der Waals surface area contributed by atoms with Crippen LogP contribution in [0, 0.1) is 0 Å². The lowest BCUT2D eigenvalue weighted by molar-refractivity contribution is 0.214. The highest BCUT2D eigenvalue weighted by Gasteiger charge is 2.17. The summed E-state index contributed by atoms with van der Waals surface area (Å²) in [5, 5.41) is 7.91. The molecule has 1 N–H and O–H groups in total. The molecule has 0 radical (unpaired) electrons. The molecule has 1 aliphatic heterocycles. The van der Waals surface area contributed by atoms with Crippen molar-refractivity contribution in [2.24, 2.45) is 0 Å². The summed E-state index contributed by atoms with van der Waals surface area (Å²) in [5.41, 5.74) is 1.42. The number of hydrogen-bond donors (Lipinski definition) is 1. The smallest absolute Gasteiger partial charge is 0.0489 e. The second-order valence-corrected chi connectivity index (χ2v) is 5.93. The van der Waals surface area contributed by atoms with Gasteiger partial charge in [0.15, 0.2) is 0 Å². The molecule has 0 bridgehead atoms. The maximum Gasteiger partial charge on any atom is 0.0489 e. The van der Waals surface area contributed by atoms with Gasteiger partial charge in [-0.3, -0.25) is 9.58 Å². The van der Waals surface area contributed by atoms with Gasteiger partial charge in [0.05, 0.1) is 0 Å². The highest BCUT2D eigenvalue weighted by atomic mass is 15.3. The van der Waals surface area contributed by atoms with E-state index in [2.05, 4.69) is 35.2 Å². The summed E-state index contributed by atoms with van der Waals surface area (Å²) >= 11 is 0. The third kappa shape index (κ3) is 5.47. The molecule has 0 atom stereocenters. The number of hydrogen-bond acceptors (Lipinski definition) is 3. The van der Waals surface area contributed by atoms with Crippen LogP contribution in [-0.2, 0) is 6.54 Å². The molecule has 4 nitrogen and oxygen atoms in total. The number of rotatable bonds is 7. The quantitative estimate of drug-likeness (QED) is 0.613. The molecule has 4 heteroatoms. The lowest BCUT2D eigenvalue weighted by Gasteiger charge is -2.31. The van der Waals surface area contributed by atoms with Crippen molar-refractivity contribution in [3.8, 4) is 0 Å². The fraction of sp³-hybridized carbons (Fsp3) is 0.688. The van der Waals surface area contributed by atoms with E-state index >= 15 is 0 Å². The molecule has 1 aromatic rings. The van der Waals surface area contributed by atoms with Crippen LogP contribution in [0.4, 0.5) is 0 Å². The molecule has 2 rings (SSSR count). The third-order valence-electron chi connectivity index (χ3n) is 3.90. The van der Waals surface area contributed by atoms with Crippen LogP contribution in [0.25, 0.3) is 0 Å². The Morgan fingerprint density at radius 2 is 2.15 bits per heavy atom. The SMILES string of the molecule is CC(C)=CCN1CCC(NCCCn2cccn2)CC1. The zero-order chi connectivity index (χ0) is 14.2. The zero-order valence-corrected chi connectivity index (χ0v) is 12.9. The molecular weight excluding hydrogens is 248 g/mol. The van der Waals surface area contributed by atoms with Crippen LogP contribution >= 0.6 is 0 Å². The van der Waals surface area contributed by atoms with Crippen molar-refractivity contribution in [3.05, 3.63) is 30.1 Å². The lowest BCUT2D eigenvalue weighted by atomic mass is 10.0. The Kier molecular flexibility index (Phi) is 6.27. The highest BCUT2D eigenvalue weighted by molar-refractivity contribution is 4.95. The highest BCUT2D eigenvalue weighted by Crippen LogP contribution is 2.10. The largest absolute Gasteiger partial charge is 0.314 e. The van der Waals surface area contributed by atoms with Crippen LogP contribution in [0.3, 0.4) is 0 Å². The molecule has 1 fully saturated rings. The fourth-order valence-corrected chi connectivity index (χ4v) is 2.61. The first-order valence-electron chi connectivity index (χ1n) is 7.80. The second-order valence-electron chi connectivity index (χ2n) is 5.93. The van der Waals surface area contributed by atoms with Crippen molar-refractivity contribution >= 4 is 0 Å². The predicted molar refractivity (Wildman–Crippen MR) is 83.7 cm³/mol. The van der Waals surface area contributed by atoms with Crippen LogP contribution in [0.1, 0.15) is 33.1 Å². The molecule has 1 aliphatic rings. The summed E-state index contributed by atoms with van der Waals surface area (Å²) in [7, 11) is 0. The normalized spacial score (nSPS) is 17.3. The van der Waals surface area contributed by atoms with Crippen molar-refractivity contribution in [3.63, 3.8) is 0 Å². The van der Waals surface area contributed by atoms with E-state index in [9.17, 15) is 0 Å². The van der Waals surface area contributed by atoms with Crippen molar-refractivity contribution in [2.45, 2.75) is 45.7 Å². The van der Waals surface area contributed by atoms with Crippen molar-refractivity contribution < 1.29 is 0 Å². The monoisotopic (exact) mass is 276 g/mol. The molecular formula is C16H28N4. The van der Waals surface area contributed by atoms with E-state index in [1.165, 1.54) is 31.5 Å². The second kappa shape index (κ2) is 8.22. The minimum absolute atomic E-state index is 0.704. The van der Waals surface area contributed by atoms with Gasteiger partial charge in [0, 0.05) is 31.5 Å². The van der Waals surface area contributed by atoms with Gasteiger partial charge >= 0.3 is 0 Å². The van der Waals surface area contributed by atoms with E-state index < -0.39 is 0 Å². The average molecular weight is 276 g/mol. The lowest BCUT2D eigenvalue weighted by Crippen LogP contribution is -2.42. The van der Waals surface area contributed by atoms with E-state index in [4.69, 9.17) is 0 Å². The van der Waals surface area contributed by atoms with Gasteiger partial charge < -0.3 is 5.32 Å². The van der Waals surface area contributed by atoms with Gasteiger partial charge in [-0.2, -0.15) is 5.10 Å². The van der Waals surface area contributed by atoms with Gasteiger partial charge in [0.1, 0.15) is 0 Å². The van der Waals surface area contributed by atoms with E-state index in [0.717, 1.165) is 26.1 Å². The van der Waals surface area contributed by atoms with Crippen LogP contribution in [-0.4, -0.2) is 46.9 Å². The fourth-order valence-electron chi connectivity index (χ4n) is 2.61. The van der Waals surface area contributed by atoms with Gasteiger partial charge in [0.2, 0.25) is 0 Å². The molecule has 1 saturated heterocycles. The van der Waals surface area contributed by atoms with Gasteiger partial charge in [-0.25, -0.2) is 0 Å². The number of nitrogens with one attached hydrogen (secondary N) is 1. The average Bonchev–Trinajstić information content (AvgIpc) is 2.96. The summed E-state index contributed by atoms with van der Waals surface area (Å²) in [4.78, 5) is 2.55. The number of aromatic nitrogens is 2. The number of likely N-dealkylation sites (tertiary alicyclic amines) is 1. The third-order valence-corrected chi connectivity index (χ3v) is 3.90. The van der Waals surface area contributed by atoms with Gasteiger partial charge in [-0.05, 0) is 58.8 Å². The van der Waals surface area contributed by atoms with Crippen LogP contribution in [0.2, 0.25) is 0 Å². The van der Waals surface area contributed by atoms with Crippen LogP contribution in [0.15, 0.2) is 30.1 Å². The minimum atomic E-state index is 0.704. The molecule has 0 spiro atoms. The number of allylic oxidation sites excluding steroid dienone is 1. The van der Waals surface area contributed by atoms with Gasteiger partial charge in [0.25, 0.3) is 0 Å². The van der Waals surface area contributed by atoms with E-state index in [1.807, 2.05) is 23.1 Å². The Morgan fingerprint density at radius 3 is 2.80 bits per heavy atom. The first-order valence-corrected chi connectivity index (χ1v) is 7.80. The van der Waals surface area contributed by atoms with Crippen molar-refractivity contribution in [2.75, 3.05) is 26.2 Å². The maximum absolute atomic E-state index is 4.22. The Morgan fingerprint density at radius 1 is 1.35 bits per heavy atom. The van der Waals surface area contributed by atoms with E-state index in [0.29, 0.717) is 6.04 Å². The first kappa shape index (κ1) is 15.3. The Labute approximate surface area is 122 Å². The molecule has 0 aromatic carbocycles. The van der Waals surface area contributed by atoms with Crippen molar-refractivity contribution in [1.82, 2.24) is 20.0 Å². The Balaban J connectivity index is 1.54. The summed E-state index contributed by atoms with van der Waals surface area (Å²) < 4.78 is 2.00. The molecule has 20 heavy (non-hydrogen) atoms. The molecule has 0 aliphatic carbocycles. The molecule has 2 heterocycles. The molecule has 1 aromatic heterocycles. The predicted octanol–water partition coefficient (Wildman–Crippen LogP) is 2.29. The summed E-state index contributed by atoms with van der Waals surface area (Å²) in [6.45, 7) is 10.0. The Hall–Kier alpha value is -1.13. The summed E-state index contributed by atoms with van der Waals surface area (Å²) in [6.07, 6.45) is 9.91. The Bertz CT molecular complexity index is 385. The van der Waals surface area contributed by atoms with E-state index in [-0.39, 0.29) is 0 Å². The standard InChI is InChI=1S/C16H28N4/c1-15(2)5-12-19-13-6-16(7-14-19)17-8-3-10-20-11-4-9-18-20/h4-5,9,11,16-17H,3,6-8,10,12-14H2,1-2H3. The number of aryl methyl sites for hydroxylation is 1. The number of piperidine rings is 1. The van der Waals surface area contributed by atoms with Crippen molar-refractivity contribution in [1.29, 1.82) is 0 Å². The topological polar surface area (TPSA) is 33.1 Å². The summed E-state index contributed by atoms with van der Waals surface area (Å²) in [6, 6.07) is 2.69. The molecule has 0 saturated carbocycles. The molecule has 112 valence electrons. The first-order chi connectivity index (χ1) is 9.74. The number of nitrogens with zero attached hydrogens (tertiary/aromatic N) is 3. The maximum atomic E-state index is 4.22. The van der Waals surface area contributed by atoms with E-state index in [1.54, 1.807) is 0 Å². The minimum Gasteiger partial charge on any atom is -0.314 e. The van der Waals surface area contributed by atoms with Crippen LogP contribution in [0.5, 0.6) is 0 Å². The van der Waals surface area contributed by atoms with Crippen LogP contribution < -0.4 is 5.32 Å². The molecule has 0 unspecified atom stereocenters. The van der Waals surface area contributed by atoms with Gasteiger partial charge in [-0.15, -0.1) is 0 Å². The van der Waals surface area contributed by atoms with Gasteiger partial charge in [-0.1, -0.05) is 11.6 Å².